The van der Waals surface area contributed by atoms with Gasteiger partial charge in [-0.3, -0.25) is 0 Å². The van der Waals surface area contributed by atoms with Gasteiger partial charge in [0, 0.05) is 0 Å². The topological polar surface area (TPSA) is 0 Å². The lowest BCUT2D eigenvalue weighted by Gasteiger charge is -2.12. The Bertz CT molecular complexity index is 1930. The molecule has 0 aliphatic rings. The molecule has 0 bridgehead atoms. The third kappa shape index (κ3) is 4.61. The Morgan fingerprint density at radius 3 is 0.950 bits per heavy atom. The molecule has 0 radical (unpaired) electrons. The number of fused-ring (bicyclic) bond motifs is 4. The minimum Gasteiger partial charge on any atom is -0.0622 e. The van der Waals surface area contributed by atoms with E-state index in [1.54, 1.807) is 0 Å². The molecule has 0 fully saturated rings. The summed E-state index contributed by atoms with van der Waals surface area (Å²) in [6, 6.07) is 60.5. The highest BCUT2D eigenvalue weighted by Gasteiger charge is 2.09. The van der Waals surface area contributed by atoms with Crippen LogP contribution in [0.15, 0.2) is 170 Å². The Hall–Kier alpha value is -5.20. The number of rotatable bonds is 2. The van der Waals surface area contributed by atoms with E-state index in [0.29, 0.717) is 0 Å². The maximum atomic E-state index is 2.33. The molecule has 40 heavy (non-hydrogen) atoms. The summed E-state index contributed by atoms with van der Waals surface area (Å²) in [4.78, 5) is 0. The smallest absolute Gasteiger partial charge is 0.00988 e. The van der Waals surface area contributed by atoms with Crippen LogP contribution < -0.4 is 0 Å². The third-order valence-corrected chi connectivity index (χ3v) is 7.66. The summed E-state index contributed by atoms with van der Waals surface area (Å²) in [6.45, 7) is 0. The predicted molar refractivity (Wildman–Crippen MR) is 174 cm³/mol. The van der Waals surface area contributed by atoms with Gasteiger partial charge in [-0.2, -0.15) is 0 Å². The average molecular weight is 509 g/mol. The van der Waals surface area contributed by atoms with Crippen LogP contribution in [0.4, 0.5) is 0 Å². The van der Waals surface area contributed by atoms with Crippen molar-refractivity contribution in [1.29, 1.82) is 0 Å². The molecule has 8 rings (SSSR count). The first kappa shape index (κ1) is 23.9. The van der Waals surface area contributed by atoms with Crippen LogP contribution in [-0.4, -0.2) is 0 Å². The molecule has 8 aromatic rings. The summed E-state index contributed by atoms with van der Waals surface area (Å²) in [6.07, 6.45) is 0. The van der Waals surface area contributed by atoms with Crippen LogP contribution in [0.1, 0.15) is 0 Å². The Morgan fingerprint density at radius 2 is 0.550 bits per heavy atom. The quantitative estimate of drug-likeness (QED) is 0.204. The van der Waals surface area contributed by atoms with E-state index in [4.69, 9.17) is 0 Å². The van der Waals surface area contributed by atoms with E-state index in [0.717, 1.165) is 0 Å². The van der Waals surface area contributed by atoms with E-state index in [1.165, 1.54) is 65.3 Å². The molecular weight excluding hydrogens is 480 g/mol. The Balaban J connectivity index is 0.000000185. The monoisotopic (exact) mass is 508 g/mol. The highest BCUT2D eigenvalue weighted by molar-refractivity contribution is 6.11. The van der Waals surface area contributed by atoms with Crippen LogP contribution in [0, 0.1) is 0 Å². The van der Waals surface area contributed by atoms with E-state index >= 15 is 0 Å². The van der Waals surface area contributed by atoms with Crippen LogP contribution in [0.3, 0.4) is 0 Å². The highest BCUT2D eigenvalue weighted by atomic mass is 14.1. The zero-order valence-corrected chi connectivity index (χ0v) is 22.2. The third-order valence-electron chi connectivity index (χ3n) is 7.66. The SMILES string of the molecule is c1ccc(-c2ccccc2)cc1.c1ccc2cc3c(-c4cccc5cc6ccccc6cc45)cccc3cc2c1. The van der Waals surface area contributed by atoms with Gasteiger partial charge >= 0.3 is 0 Å². The van der Waals surface area contributed by atoms with Crippen molar-refractivity contribution in [3.05, 3.63) is 170 Å². The van der Waals surface area contributed by atoms with Gasteiger partial charge < -0.3 is 0 Å². The summed E-state index contributed by atoms with van der Waals surface area (Å²) >= 11 is 0. The normalized spacial score (nSPS) is 11.0. The average Bonchev–Trinajstić information content (AvgIpc) is 3.03. The first-order valence-electron chi connectivity index (χ1n) is 13.8. The van der Waals surface area contributed by atoms with E-state index in [9.17, 15) is 0 Å². The van der Waals surface area contributed by atoms with Gasteiger partial charge in [-0.05, 0) is 89.6 Å². The van der Waals surface area contributed by atoms with Crippen molar-refractivity contribution in [2.45, 2.75) is 0 Å². The molecule has 0 spiro atoms. The van der Waals surface area contributed by atoms with Crippen LogP contribution in [-0.2, 0) is 0 Å². The lowest BCUT2D eigenvalue weighted by atomic mass is 9.91. The van der Waals surface area contributed by atoms with Crippen LogP contribution >= 0.6 is 0 Å². The van der Waals surface area contributed by atoms with Crippen molar-refractivity contribution >= 4 is 43.1 Å². The lowest BCUT2D eigenvalue weighted by molar-refractivity contribution is 1.62. The summed E-state index contributed by atoms with van der Waals surface area (Å²) in [7, 11) is 0. The van der Waals surface area contributed by atoms with E-state index in [1.807, 2.05) is 12.1 Å². The molecule has 0 heterocycles. The first-order chi connectivity index (χ1) is 19.8. The molecule has 0 aliphatic heterocycles. The second-order valence-electron chi connectivity index (χ2n) is 10.2. The van der Waals surface area contributed by atoms with Gasteiger partial charge in [0.05, 0.1) is 0 Å². The maximum Gasteiger partial charge on any atom is -0.00988 e. The van der Waals surface area contributed by atoms with Crippen molar-refractivity contribution in [3.63, 3.8) is 0 Å². The Labute approximate surface area is 234 Å². The van der Waals surface area contributed by atoms with E-state index < -0.39 is 0 Å². The Kier molecular flexibility index (Phi) is 6.28. The molecule has 8 aromatic carbocycles. The van der Waals surface area contributed by atoms with Gasteiger partial charge in [-0.15, -0.1) is 0 Å². The molecular formula is C40H28. The molecule has 0 aromatic heterocycles. The zero-order valence-electron chi connectivity index (χ0n) is 22.2. The second-order valence-corrected chi connectivity index (χ2v) is 10.2. The van der Waals surface area contributed by atoms with Crippen LogP contribution in [0.5, 0.6) is 0 Å². The number of benzene rings is 8. The van der Waals surface area contributed by atoms with E-state index in [-0.39, 0.29) is 0 Å². The fourth-order valence-electron chi connectivity index (χ4n) is 5.66. The fraction of sp³-hybridized carbons (Fsp3) is 0. The largest absolute Gasteiger partial charge is 0.0622 e. The highest BCUT2D eigenvalue weighted by Crippen LogP contribution is 2.37. The summed E-state index contributed by atoms with van der Waals surface area (Å²) < 4.78 is 0. The fourth-order valence-corrected chi connectivity index (χ4v) is 5.66. The van der Waals surface area contributed by atoms with Gasteiger partial charge in [0.25, 0.3) is 0 Å². The van der Waals surface area contributed by atoms with E-state index in [2.05, 4.69) is 158 Å². The van der Waals surface area contributed by atoms with Gasteiger partial charge in [0.2, 0.25) is 0 Å². The number of hydrogen-bond acceptors (Lipinski definition) is 0. The molecule has 0 heteroatoms. The summed E-state index contributed by atoms with van der Waals surface area (Å²) in [5.41, 5.74) is 5.14. The molecule has 0 N–H and O–H groups in total. The molecule has 0 aliphatic carbocycles. The van der Waals surface area contributed by atoms with Gasteiger partial charge in [-0.25, -0.2) is 0 Å². The molecule has 0 saturated carbocycles. The predicted octanol–water partition coefficient (Wildman–Crippen LogP) is 11.3. The van der Waals surface area contributed by atoms with Crippen LogP contribution in [0.25, 0.3) is 65.3 Å². The minimum absolute atomic E-state index is 1.28. The zero-order chi connectivity index (χ0) is 26.7. The molecule has 0 saturated heterocycles. The molecule has 0 unspecified atom stereocenters. The van der Waals surface area contributed by atoms with Crippen molar-refractivity contribution < 1.29 is 0 Å². The van der Waals surface area contributed by atoms with Crippen molar-refractivity contribution in [1.82, 2.24) is 0 Å². The summed E-state index contributed by atoms with van der Waals surface area (Å²) in [5.74, 6) is 0. The second kappa shape index (κ2) is 10.5. The molecule has 188 valence electrons. The van der Waals surface area contributed by atoms with Gasteiger partial charge in [-0.1, -0.05) is 146 Å². The summed E-state index contributed by atoms with van der Waals surface area (Å²) in [5, 5.41) is 10.3. The van der Waals surface area contributed by atoms with Gasteiger partial charge in [0.15, 0.2) is 0 Å². The van der Waals surface area contributed by atoms with Gasteiger partial charge in [0.1, 0.15) is 0 Å². The minimum atomic E-state index is 1.28. The maximum absolute atomic E-state index is 2.33. The number of hydrogen-bond donors (Lipinski definition) is 0. The van der Waals surface area contributed by atoms with Crippen molar-refractivity contribution in [2.75, 3.05) is 0 Å². The first-order valence-corrected chi connectivity index (χ1v) is 13.8. The van der Waals surface area contributed by atoms with Crippen molar-refractivity contribution in [3.8, 4) is 22.3 Å². The molecule has 0 nitrogen and oxygen atoms in total. The molecule has 0 atom stereocenters. The van der Waals surface area contributed by atoms with Crippen LogP contribution in [0.2, 0.25) is 0 Å². The molecule has 0 amide bonds. The van der Waals surface area contributed by atoms with Crippen molar-refractivity contribution in [2.24, 2.45) is 0 Å². The standard InChI is InChI=1S/C28H18.C12H10/c1-3-9-21-17-27-23(15-19(21)7-1)11-5-13-25(27)26-14-6-12-24-16-20-8-2-4-10-22(20)18-28(24)26;1-3-7-11(8-4-1)12-9-5-2-6-10-12/h1-18H;1-10H. The Morgan fingerprint density at radius 1 is 0.225 bits per heavy atom. The lowest BCUT2D eigenvalue weighted by Crippen LogP contribution is -1.85.